The topological polar surface area (TPSA) is 89.0 Å². The van der Waals surface area contributed by atoms with Gasteiger partial charge in [0.2, 0.25) is 0 Å². The molecule has 0 saturated heterocycles. The molecular formula is C22H24N6O3. The Morgan fingerprint density at radius 3 is 2.55 bits per heavy atom. The van der Waals surface area contributed by atoms with E-state index in [1.54, 1.807) is 26.3 Å². The smallest absolute Gasteiger partial charge is 0.368 e. The molecule has 0 aliphatic carbocycles. The quantitative estimate of drug-likeness (QED) is 0.457. The number of aryl methyl sites for hydroxylation is 3. The Labute approximate surface area is 179 Å². The molecule has 0 spiro atoms. The molecule has 4 aromatic rings. The van der Waals surface area contributed by atoms with Crippen molar-refractivity contribution in [2.24, 2.45) is 7.05 Å². The predicted octanol–water partition coefficient (Wildman–Crippen LogP) is 2.75. The molecule has 0 N–H and O–H groups in total. The highest BCUT2D eigenvalue weighted by atomic mass is 16.5. The molecule has 0 saturated carbocycles. The normalized spacial score (nSPS) is 11.0. The first-order valence-corrected chi connectivity index (χ1v) is 9.94. The summed E-state index contributed by atoms with van der Waals surface area (Å²) >= 11 is 0. The van der Waals surface area contributed by atoms with E-state index in [1.807, 2.05) is 48.1 Å². The second-order valence-corrected chi connectivity index (χ2v) is 7.08. The number of hydrogen-bond acceptors (Lipinski definition) is 6. The van der Waals surface area contributed by atoms with E-state index in [9.17, 15) is 4.79 Å². The van der Waals surface area contributed by atoms with Gasteiger partial charge in [0.1, 0.15) is 18.1 Å². The molecule has 0 unspecified atom stereocenters. The molecule has 9 heteroatoms. The van der Waals surface area contributed by atoms with E-state index < -0.39 is 0 Å². The van der Waals surface area contributed by atoms with Crippen LogP contribution in [0.5, 0.6) is 11.5 Å². The Morgan fingerprint density at radius 2 is 1.90 bits per heavy atom. The maximum atomic E-state index is 12.4. The Kier molecular flexibility index (Phi) is 5.57. The lowest BCUT2D eigenvalue weighted by Gasteiger charge is -2.15. The van der Waals surface area contributed by atoms with Gasteiger partial charge in [-0.2, -0.15) is 14.5 Å². The molecule has 0 radical (unpaired) electrons. The van der Waals surface area contributed by atoms with Gasteiger partial charge in [-0.25, -0.2) is 4.79 Å². The van der Waals surface area contributed by atoms with Crippen LogP contribution in [0.4, 0.5) is 0 Å². The standard InChI is InChI=1S/C22H24N6O3/c1-5-27-12-11-18(23-27)16-9-10-20(15(2)13-16)31-14-17-19(7-6-8-21(17)30-4)28-22(29)26(3)24-25-28/h6-13H,5,14H2,1-4H3. The molecule has 4 rings (SSSR count). The minimum atomic E-state index is -0.346. The highest BCUT2D eigenvalue weighted by Crippen LogP contribution is 2.29. The molecule has 2 aromatic carbocycles. The third-order valence-electron chi connectivity index (χ3n) is 5.09. The van der Waals surface area contributed by atoms with Crippen molar-refractivity contribution in [2.75, 3.05) is 7.11 Å². The average Bonchev–Trinajstić information content (AvgIpc) is 3.39. The van der Waals surface area contributed by atoms with E-state index in [1.165, 1.54) is 9.36 Å². The Balaban J connectivity index is 1.62. The van der Waals surface area contributed by atoms with Crippen LogP contribution in [0.3, 0.4) is 0 Å². The molecule has 31 heavy (non-hydrogen) atoms. The van der Waals surface area contributed by atoms with Crippen molar-refractivity contribution >= 4 is 0 Å². The first-order valence-electron chi connectivity index (χ1n) is 9.94. The molecule has 0 atom stereocenters. The average molecular weight is 420 g/mol. The van der Waals surface area contributed by atoms with Crippen molar-refractivity contribution in [1.29, 1.82) is 0 Å². The Bertz CT molecular complexity index is 1270. The van der Waals surface area contributed by atoms with Crippen molar-refractivity contribution in [3.8, 4) is 28.4 Å². The summed E-state index contributed by atoms with van der Waals surface area (Å²) in [5.41, 5.74) is 3.86. The van der Waals surface area contributed by atoms with Crippen molar-refractivity contribution in [3.05, 3.63) is 70.3 Å². The summed E-state index contributed by atoms with van der Waals surface area (Å²) in [5, 5.41) is 12.3. The maximum Gasteiger partial charge on any atom is 0.368 e. The summed E-state index contributed by atoms with van der Waals surface area (Å²) in [6, 6.07) is 13.4. The number of ether oxygens (including phenoxy) is 2. The van der Waals surface area contributed by atoms with Gasteiger partial charge in [-0.05, 0) is 66.2 Å². The Hall–Kier alpha value is -3.88. The summed E-state index contributed by atoms with van der Waals surface area (Å²) in [6.07, 6.45) is 1.96. The van der Waals surface area contributed by atoms with E-state index >= 15 is 0 Å². The highest BCUT2D eigenvalue weighted by molar-refractivity contribution is 5.61. The van der Waals surface area contributed by atoms with Crippen LogP contribution in [0.2, 0.25) is 0 Å². The zero-order valence-corrected chi connectivity index (χ0v) is 17.9. The van der Waals surface area contributed by atoms with Gasteiger partial charge >= 0.3 is 5.69 Å². The number of methoxy groups -OCH3 is 1. The monoisotopic (exact) mass is 420 g/mol. The fourth-order valence-electron chi connectivity index (χ4n) is 3.37. The van der Waals surface area contributed by atoms with Crippen molar-refractivity contribution < 1.29 is 9.47 Å². The summed E-state index contributed by atoms with van der Waals surface area (Å²) in [5.74, 6) is 1.34. The SMILES string of the molecule is CCn1ccc(-c2ccc(OCc3c(OC)cccc3-n3nnn(C)c3=O)c(C)c2)n1. The van der Waals surface area contributed by atoms with Gasteiger partial charge in [0.05, 0.1) is 24.1 Å². The van der Waals surface area contributed by atoms with Gasteiger partial charge in [-0.1, -0.05) is 6.07 Å². The molecule has 0 bridgehead atoms. The number of tetrazole rings is 1. The first-order chi connectivity index (χ1) is 15.0. The summed E-state index contributed by atoms with van der Waals surface area (Å²) < 4.78 is 15.9. The van der Waals surface area contributed by atoms with Crippen LogP contribution in [0.25, 0.3) is 16.9 Å². The lowest BCUT2D eigenvalue weighted by atomic mass is 10.1. The molecule has 160 valence electrons. The lowest BCUT2D eigenvalue weighted by molar-refractivity contribution is 0.294. The van der Waals surface area contributed by atoms with Gasteiger partial charge in [0.15, 0.2) is 0 Å². The fourth-order valence-corrected chi connectivity index (χ4v) is 3.37. The van der Waals surface area contributed by atoms with Crippen LogP contribution in [0.1, 0.15) is 18.1 Å². The van der Waals surface area contributed by atoms with Gasteiger partial charge in [0.25, 0.3) is 0 Å². The first kappa shape index (κ1) is 20.4. The van der Waals surface area contributed by atoms with Crippen LogP contribution in [-0.2, 0) is 20.2 Å². The second-order valence-electron chi connectivity index (χ2n) is 7.08. The fraction of sp³-hybridized carbons (Fsp3) is 0.273. The second kappa shape index (κ2) is 8.47. The van der Waals surface area contributed by atoms with Gasteiger partial charge in [0, 0.05) is 25.4 Å². The zero-order chi connectivity index (χ0) is 22.0. The van der Waals surface area contributed by atoms with E-state index in [2.05, 4.69) is 22.4 Å². The van der Waals surface area contributed by atoms with Crippen molar-refractivity contribution in [1.82, 2.24) is 29.6 Å². The van der Waals surface area contributed by atoms with Crippen LogP contribution < -0.4 is 15.2 Å². The van der Waals surface area contributed by atoms with Crippen molar-refractivity contribution in [2.45, 2.75) is 27.0 Å². The van der Waals surface area contributed by atoms with Crippen LogP contribution >= 0.6 is 0 Å². The lowest BCUT2D eigenvalue weighted by Crippen LogP contribution is -2.23. The maximum absolute atomic E-state index is 12.4. The number of hydrogen-bond donors (Lipinski definition) is 0. The summed E-state index contributed by atoms with van der Waals surface area (Å²) in [7, 11) is 3.13. The largest absolute Gasteiger partial charge is 0.496 e. The molecule has 9 nitrogen and oxygen atoms in total. The van der Waals surface area contributed by atoms with Gasteiger partial charge in [-0.15, -0.1) is 0 Å². The van der Waals surface area contributed by atoms with E-state index in [-0.39, 0.29) is 12.3 Å². The molecule has 0 amide bonds. The van der Waals surface area contributed by atoms with Crippen molar-refractivity contribution in [3.63, 3.8) is 0 Å². The van der Waals surface area contributed by atoms with E-state index in [4.69, 9.17) is 9.47 Å². The van der Waals surface area contributed by atoms with Crippen LogP contribution in [-0.4, -0.2) is 36.7 Å². The van der Waals surface area contributed by atoms with Crippen LogP contribution in [0, 0.1) is 6.92 Å². The number of benzene rings is 2. The number of rotatable bonds is 7. The zero-order valence-electron chi connectivity index (χ0n) is 17.9. The molecule has 2 aromatic heterocycles. The third kappa shape index (κ3) is 3.94. The summed E-state index contributed by atoms with van der Waals surface area (Å²) in [4.78, 5) is 12.4. The molecule has 2 heterocycles. The number of nitrogens with zero attached hydrogens (tertiary/aromatic N) is 6. The highest BCUT2D eigenvalue weighted by Gasteiger charge is 2.16. The number of aromatic nitrogens is 6. The van der Waals surface area contributed by atoms with Gasteiger partial charge < -0.3 is 9.47 Å². The van der Waals surface area contributed by atoms with E-state index in [0.29, 0.717) is 17.0 Å². The van der Waals surface area contributed by atoms with E-state index in [0.717, 1.165) is 29.1 Å². The minimum Gasteiger partial charge on any atom is -0.496 e. The molecule has 0 fully saturated rings. The molecule has 0 aliphatic heterocycles. The molecule has 0 aliphatic rings. The summed E-state index contributed by atoms with van der Waals surface area (Å²) in [6.45, 7) is 5.08. The van der Waals surface area contributed by atoms with Gasteiger partial charge in [-0.3, -0.25) is 4.68 Å². The minimum absolute atomic E-state index is 0.201. The Morgan fingerprint density at radius 1 is 1.06 bits per heavy atom. The molecular weight excluding hydrogens is 396 g/mol. The predicted molar refractivity (Wildman–Crippen MR) is 116 cm³/mol. The van der Waals surface area contributed by atoms with Crippen LogP contribution in [0.15, 0.2) is 53.5 Å². The third-order valence-corrected chi connectivity index (χ3v) is 5.09.